The summed E-state index contributed by atoms with van der Waals surface area (Å²) in [6, 6.07) is 25.7. The van der Waals surface area contributed by atoms with Crippen LogP contribution in [0, 0.1) is 13.8 Å². The van der Waals surface area contributed by atoms with Crippen molar-refractivity contribution >= 4 is 33.1 Å². The number of ketones is 1. The fourth-order valence-corrected chi connectivity index (χ4v) is 5.15. The van der Waals surface area contributed by atoms with E-state index in [-0.39, 0.29) is 21.7 Å². The Labute approximate surface area is 230 Å². The van der Waals surface area contributed by atoms with Gasteiger partial charge in [-0.2, -0.15) is 0 Å². The molecule has 4 rings (SSSR count). The van der Waals surface area contributed by atoms with Crippen LogP contribution >= 0.6 is 0 Å². The summed E-state index contributed by atoms with van der Waals surface area (Å²) in [5, 5.41) is 2.81. The fraction of sp³-hybridized carbons (Fsp3) is 0.188. The zero-order chi connectivity index (χ0) is 28.4. The Bertz CT molecular complexity index is 1630. The molecule has 0 atom stereocenters. The summed E-state index contributed by atoms with van der Waals surface area (Å²) in [6.07, 6.45) is 0. The smallest absolute Gasteiger partial charge is 0.261 e. The summed E-state index contributed by atoms with van der Waals surface area (Å²) in [7, 11) is -3.83. The van der Waals surface area contributed by atoms with Crippen molar-refractivity contribution in [2.45, 2.75) is 44.9 Å². The van der Waals surface area contributed by atoms with Gasteiger partial charge >= 0.3 is 0 Å². The van der Waals surface area contributed by atoms with E-state index >= 15 is 0 Å². The monoisotopic (exact) mass is 540 g/mol. The average molecular weight is 541 g/mol. The lowest BCUT2D eigenvalue weighted by Crippen LogP contribution is -2.16. The highest BCUT2D eigenvalue weighted by molar-refractivity contribution is 7.92. The van der Waals surface area contributed by atoms with Gasteiger partial charge in [-0.15, -0.1) is 0 Å². The van der Waals surface area contributed by atoms with Gasteiger partial charge in [-0.05, 0) is 66.8 Å². The second-order valence-electron chi connectivity index (χ2n) is 10.6. The normalized spacial score (nSPS) is 11.6. The molecule has 0 aliphatic heterocycles. The molecule has 4 aromatic carbocycles. The number of rotatable bonds is 7. The second kappa shape index (κ2) is 10.9. The van der Waals surface area contributed by atoms with Crippen LogP contribution in [-0.2, 0) is 15.4 Å². The molecule has 0 aromatic heterocycles. The van der Waals surface area contributed by atoms with Gasteiger partial charge in [0.1, 0.15) is 0 Å². The summed E-state index contributed by atoms with van der Waals surface area (Å²) in [5.41, 5.74) is 4.81. The molecule has 2 N–H and O–H groups in total. The van der Waals surface area contributed by atoms with E-state index in [9.17, 15) is 18.0 Å². The molecule has 0 aliphatic rings. The van der Waals surface area contributed by atoms with Crippen LogP contribution in [-0.4, -0.2) is 20.1 Å². The van der Waals surface area contributed by atoms with E-state index in [0.717, 1.165) is 11.1 Å². The van der Waals surface area contributed by atoms with Crippen molar-refractivity contribution in [2.24, 2.45) is 0 Å². The lowest BCUT2D eigenvalue weighted by Gasteiger charge is -2.19. The molecule has 4 aromatic rings. The van der Waals surface area contributed by atoms with E-state index in [0.29, 0.717) is 28.1 Å². The van der Waals surface area contributed by atoms with E-state index in [1.807, 2.05) is 31.2 Å². The van der Waals surface area contributed by atoms with Crippen LogP contribution in [0.2, 0.25) is 0 Å². The summed E-state index contributed by atoms with van der Waals surface area (Å²) in [5.74, 6) is -0.570. The molecule has 0 heterocycles. The third kappa shape index (κ3) is 6.62. The molecule has 0 unspecified atom stereocenters. The van der Waals surface area contributed by atoms with Gasteiger partial charge in [-0.3, -0.25) is 14.3 Å². The highest BCUT2D eigenvalue weighted by Crippen LogP contribution is 2.25. The number of carbonyl (C=O) groups is 2. The molecular weight excluding hydrogens is 508 g/mol. The standard InChI is InChI=1S/C32H32N2O4S/c1-21-9-17-28(18-10-21)39(37,38)34-29-20-25(12-11-22(29)2)31(36)33-27-8-6-7-24(19-27)30(35)23-13-15-26(16-14-23)32(3,4)5/h6-20,34H,1-5H3,(H,33,36). The first-order valence-corrected chi connectivity index (χ1v) is 14.1. The Morgan fingerprint density at radius 2 is 1.36 bits per heavy atom. The average Bonchev–Trinajstić information content (AvgIpc) is 2.89. The Balaban J connectivity index is 1.51. The maximum absolute atomic E-state index is 13.1. The van der Waals surface area contributed by atoms with Gasteiger partial charge in [0.15, 0.2) is 5.78 Å². The van der Waals surface area contributed by atoms with E-state index < -0.39 is 15.9 Å². The van der Waals surface area contributed by atoms with Gasteiger partial charge in [0, 0.05) is 22.4 Å². The van der Waals surface area contributed by atoms with Crippen molar-refractivity contribution in [1.82, 2.24) is 0 Å². The number of hydrogen-bond acceptors (Lipinski definition) is 4. The highest BCUT2D eigenvalue weighted by Gasteiger charge is 2.18. The van der Waals surface area contributed by atoms with Crippen LogP contribution in [0.4, 0.5) is 11.4 Å². The van der Waals surface area contributed by atoms with Gasteiger partial charge in [0.25, 0.3) is 15.9 Å². The topological polar surface area (TPSA) is 92.3 Å². The van der Waals surface area contributed by atoms with Crippen LogP contribution in [0.5, 0.6) is 0 Å². The molecule has 7 heteroatoms. The third-order valence-corrected chi connectivity index (χ3v) is 7.85. The molecular formula is C32H32N2O4S. The molecule has 0 fully saturated rings. The molecule has 0 saturated heterocycles. The van der Waals surface area contributed by atoms with Gasteiger partial charge in [0.2, 0.25) is 0 Å². The van der Waals surface area contributed by atoms with Gasteiger partial charge in [-0.25, -0.2) is 8.42 Å². The minimum absolute atomic E-state index is 0.0119. The van der Waals surface area contributed by atoms with Crippen LogP contribution in [0.3, 0.4) is 0 Å². The van der Waals surface area contributed by atoms with Crippen LogP contribution in [0.15, 0.2) is 95.9 Å². The summed E-state index contributed by atoms with van der Waals surface area (Å²) in [6.45, 7) is 9.99. The predicted octanol–water partition coefficient (Wildman–Crippen LogP) is 6.89. The van der Waals surface area contributed by atoms with E-state index in [4.69, 9.17) is 0 Å². The molecule has 0 bridgehead atoms. The Hall–Kier alpha value is -4.23. The molecule has 200 valence electrons. The van der Waals surface area contributed by atoms with Crippen molar-refractivity contribution in [1.29, 1.82) is 0 Å². The van der Waals surface area contributed by atoms with Crippen LogP contribution < -0.4 is 10.0 Å². The first kappa shape index (κ1) is 27.8. The van der Waals surface area contributed by atoms with Crippen molar-refractivity contribution in [3.63, 3.8) is 0 Å². The molecule has 0 aliphatic carbocycles. The fourth-order valence-electron chi connectivity index (χ4n) is 4.02. The highest BCUT2D eigenvalue weighted by atomic mass is 32.2. The molecule has 39 heavy (non-hydrogen) atoms. The summed E-state index contributed by atoms with van der Waals surface area (Å²) in [4.78, 5) is 26.3. The summed E-state index contributed by atoms with van der Waals surface area (Å²) < 4.78 is 28.3. The second-order valence-corrected chi connectivity index (χ2v) is 12.3. The maximum Gasteiger partial charge on any atom is 0.261 e. The van der Waals surface area contributed by atoms with Crippen molar-refractivity contribution < 1.29 is 18.0 Å². The molecule has 1 amide bonds. The lowest BCUT2D eigenvalue weighted by atomic mass is 9.86. The Morgan fingerprint density at radius 3 is 2.00 bits per heavy atom. The molecule has 0 spiro atoms. The van der Waals surface area contributed by atoms with Crippen molar-refractivity contribution in [3.05, 3.63) is 124 Å². The number of aryl methyl sites for hydroxylation is 2. The zero-order valence-electron chi connectivity index (χ0n) is 22.7. The summed E-state index contributed by atoms with van der Waals surface area (Å²) >= 11 is 0. The Kier molecular flexibility index (Phi) is 7.74. The zero-order valence-corrected chi connectivity index (χ0v) is 23.5. The van der Waals surface area contributed by atoms with Gasteiger partial charge in [0.05, 0.1) is 10.6 Å². The van der Waals surface area contributed by atoms with E-state index in [1.54, 1.807) is 55.5 Å². The lowest BCUT2D eigenvalue weighted by molar-refractivity contribution is 0.102. The predicted molar refractivity (Wildman–Crippen MR) is 156 cm³/mol. The van der Waals surface area contributed by atoms with Crippen molar-refractivity contribution in [2.75, 3.05) is 10.0 Å². The quantitative estimate of drug-likeness (QED) is 0.250. The molecule has 0 saturated carbocycles. The minimum atomic E-state index is -3.83. The van der Waals surface area contributed by atoms with E-state index in [2.05, 4.69) is 30.8 Å². The number of anilines is 2. The Morgan fingerprint density at radius 1 is 0.718 bits per heavy atom. The minimum Gasteiger partial charge on any atom is -0.322 e. The number of benzene rings is 4. The van der Waals surface area contributed by atoms with Gasteiger partial charge in [-0.1, -0.05) is 80.9 Å². The number of hydrogen-bond donors (Lipinski definition) is 2. The number of amides is 1. The van der Waals surface area contributed by atoms with Crippen molar-refractivity contribution in [3.8, 4) is 0 Å². The first-order chi connectivity index (χ1) is 18.3. The first-order valence-electron chi connectivity index (χ1n) is 12.6. The molecule has 0 radical (unpaired) electrons. The number of carbonyl (C=O) groups excluding carboxylic acids is 2. The van der Waals surface area contributed by atoms with Crippen LogP contribution in [0.1, 0.15) is 63.7 Å². The third-order valence-electron chi connectivity index (χ3n) is 6.47. The largest absolute Gasteiger partial charge is 0.322 e. The number of sulfonamides is 1. The molecule has 6 nitrogen and oxygen atoms in total. The van der Waals surface area contributed by atoms with Gasteiger partial charge < -0.3 is 5.32 Å². The number of nitrogens with one attached hydrogen (secondary N) is 2. The van der Waals surface area contributed by atoms with E-state index in [1.165, 1.54) is 18.2 Å². The maximum atomic E-state index is 13.1. The van der Waals surface area contributed by atoms with Crippen LogP contribution in [0.25, 0.3) is 0 Å². The SMILES string of the molecule is Cc1ccc(S(=O)(=O)Nc2cc(C(=O)Nc3cccc(C(=O)c4ccc(C(C)(C)C)cc4)c3)ccc2C)cc1.